The molecule has 128 valence electrons. The fourth-order valence-corrected chi connectivity index (χ4v) is 3.27. The summed E-state index contributed by atoms with van der Waals surface area (Å²) in [6.07, 6.45) is 0.947. The van der Waals surface area contributed by atoms with Crippen LogP contribution < -0.4 is 0 Å². The van der Waals surface area contributed by atoms with Crippen LogP contribution in [0.4, 0.5) is 0 Å². The molecule has 4 nitrogen and oxygen atoms in total. The molecule has 0 spiro atoms. The highest BCUT2D eigenvalue weighted by atomic mass is 35.5. The van der Waals surface area contributed by atoms with Crippen LogP contribution >= 0.6 is 11.6 Å². The van der Waals surface area contributed by atoms with E-state index in [1.165, 1.54) is 5.56 Å². The summed E-state index contributed by atoms with van der Waals surface area (Å²) in [5.74, 6) is 0.0442. The van der Waals surface area contributed by atoms with E-state index in [2.05, 4.69) is 11.0 Å². The van der Waals surface area contributed by atoms with Gasteiger partial charge in [0.25, 0.3) is 5.91 Å². The molecule has 5 heteroatoms. The molecule has 1 heterocycles. The minimum absolute atomic E-state index is 0.0442. The molecule has 1 aliphatic rings. The first-order chi connectivity index (χ1) is 12.2. The van der Waals surface area contributed by atoms with Gasteiger partial charge in [0.1, 0.15) is 0 Å². The van der Waals surface area contributed by atoms with Crippen molar-refractivity contribution in [1.82, 2.24) is 9.80 Å². The molecule has 0 aliphatic carbocycles. The number of nitrogens with zero attached hydrogens (tertiary/aromatic N) is 3. The van der Waals surface area contributed by atoms with Crippen molar-refractivity contribution in [2.75, 3.05) is 26.2 Å². The van der Waals surface area contributed by atoms with Gasteiger partial charge in [0.15, 0.2) is 0 Å². The Kier molecular flexibility index (Phi) is 5.70. The third-order valence-electron chi connectivity index (χ3n) is 4.44. The minimum Gasteiger partial charge on any atom is -0.337 e. The summed E-state index contributed by atoms with van der Waals surface area (Å²) in [7, 11) is 0. The first kappa shape index (κ1) is 17.5. The summed E-state index contributed by atoms with van der Waals surface area (Å²) in [6.45, 7) is 4.10. The highest BCUT2D eigenvalue weighted by molar-refractivity contribution is 6.30. The number of amides is 1. The van der Waals surface area contributed by atoms with Crippen molar-refractivity contribution < 1.29 is 4.79 Å². The Morgan fingerprint density at radius 1 is 1.08 bits per heavy atom. The number of rotatable bonds is 3. The maximum Gasteiger partial charge on any atom is 0.253 e. The van der Waals surface area contributed by atoms with E-state index in [1.54, 1.807) is 12.1 Å². The Hall–Kier alpha value is -2.35. The van der Waals surface area contributed by atoms with Crippen LogP contribution in [0, 0.1) is 11.3 Å². The lowest BCUT2D eigenvalue weighted by atomic mass is 10.1. The van der Waals surface area contributed by atoms with E-state index in [4.69, 9.17) is 16.9 Å². The molecule has 1 amide bonds. The number of carbonyl (C=O) groups is 1. The van der Waals surface area contributed by atoms with Gasteiger partial charge < -0.3 is 4.90 Å². The van der Waals surface area contributed by atoms with Crippen LogP contribution in [-0.2, 0) is 6.54 Å². The van der Waals surface area contributed by atoms with Crippen LogP contribution in [0.5, 0.6) is 0 Å². The van der Waals surface area contributed by atoms with Gasteiger partial charge in [-0.15, -0.1) is 0 Å². The number of carbonyl (C=O) groups excluding carboxylic acids is 1. The molecule has 0 unspecified atom stereocenters. The second kappa shape index (κ2) is 8.15. The molecule has 0 N–H and O–H groups in total. The Labute approximate surface area is 153 Å². The third kappa shape index (κ3) is 4.60. The molecule has 0 bridgehead atoms. The Balaban J connectivity index is 1.60. The number of halogens is 1. The molecule has 1 fully saturated rings. The average molecular weight is 354 g/mol. The van der Waals surface area contributed by atoms with Gasteiger partial charge in [0.2, 0.25) is 0 Å². The van der Waals surface area contributed by atoms with Crippen LogP contribution in [-0.4, -0.2) is 41.9 Å². The molecule has 0 radical (unpaired) electrons. The molecule has 2 aromatic rings. The molecular formula is C20H20ClN3O. The van der Waals surface area contributed by atoms with Gasteiger partial charge in [0, 0.05) is 43.3 Å². The summed E-state index contributed by atoms with van der Waals surface area (Å²) in [5, 5.41) is 9.46. The molecule has 0 atom stereocenters. The lowest BCUT2D eigenvalue weighted by Gasteiger charge is -2.22. The number of hydrogen-bond acceptors (Lipinski definition) is 3. The summed E-state index contributed by atoms with van der Waals surface area (Å²) < 4.78 is 0. The fraction of sp³-hybridized carbons (Fsp3) is 0.300. The van der Waals surface area contributed by atoms with E-state index in [0.29, 0.717) is 22.7 Å². The van der Waals surface area contributed by atoms with E-state index >= 15 is 0 Å². The SMILES string of the molecule is N#Cc1ccc(CN2CCCN(C(=O)c3cccc(Cl)c3)CC2)cc1. The van der Waals surface area contributed by atoms with Gasteiger partial charge in [-0.05, 0) is 42.3 Å². The van der Waals surface area contributed by atoms with E-state index in [1.807, 2.05) is 41.3 Å². The van der Waals surface area contributed by atoms with E-state index in [-0.39, 0.29) is 5.91 Å². The summed E-state index contributed by atoms with van der Waals surface area (Å²) in [6, 6.07) is 17.0. The van der Waals surface area contributed by atoms with Crippen LogP contribution in [0.25, 0.3) is 0 Å². The largest absolute Gasteiger partial charge is 0.337 e. The highest BCUT2D eigenvalue weighted by Crippen LogP contribution is 2.15. The molecule has 25 heavy (non-hydrogen) atoms. The van der Waals surface area contributed by atoms with Gasteiger partial charge >= 0.3 is 0 Å². The number of nitriles is 1. The summed E-state index contributed by atoms with van der Waals surface area (Å²) in [4.78, 5) is 16.9. The number of hydrogen-bond donors (Lipinski definition) is 0. The lowest BCUT2D eigenvalue weighted by Crippen LogP contribution is -2.35. The van der Waals surface area contributed by atoms with Crippen molar-refractivity contribution >= 4 is 17.5 Å². The molecule has 1 saturated heterocycles. The van der Waals surface area contributed by atoms with Gasteiger partial charge in [0.05, 0.1) is 11.6 Å². The Morgan fingerprint density at radius 2 is 1.88 bits per heavy atom. The lowest BCUT2D eigenvalue weighted by molar-refractivity contribution is 0.0761. The van der Waals surface area contributed by atoms with Crippen molar-refractivity contribution in [2.45, 2.75) is 13.0 Å². The maximum absolute atomic E-state index is 12.7. The number of benzene rings is 2. The van der Waals surface area contributed by atoms with Crippen LogP contribution in [0.1, 0.15) is 27.9 Å². The molecule has 2 aromatic carbocycles. The van der Waals surface area contributed by atoms with Crippen molar-refractivity contribution in [2.24, 2.45) is 0 Å². The van der Waals surface area contributed by atoms with Crippen molar-refractivity contribution in [3.8, 4) is 6.07 Å². The molecule has 0 aromatic heterocycles. The van der Waals surface area contributed by atoms with Gasteiger partial charge in [-0.2, -0.15) is 5.26 Å². The first-order valence-corrected chi connectivity index (χ1v) is 8.80. The van der Waals surface area contributed by atoms with Crippen LogP contribution in [0.3, 0.4) is 0 Å². The molecule has 3 rings (SSSR count). The van der Waals surface area contributed by atoms with E-state index in [0.717, 1.165) is 32.6 Å². The average Bonchev–Trinajstić information content (AvgIpc) is 2.87. The van der Waals surface area contributed by atoms with Crippen LogP contribution in [0.2, 0.25) is 5.02 Å². The monoisotopic (exact) mass is 353 g/mol. The predicted octanol–water partition coefficient (Wildman–Crippen LogP) is 3.56. The van der Waals surface area contributed by atoms with Crippen molar-refractivity contribution in [3.63, 3.8) is 0 Å². The molecule has 1 aliphatic heterocycles. The Bertz CT molecular complexity index is 782. The Morgan fingerprint density at radius 3 is 2.60 bits per heavy atom. The minimum atomic E-state index is 0.0442. The summed E-state index contributed by atoms with van der Waals surface area (Å²) >= 11 is 6.00. The van der Waals surface area contributed by atoms with Gasteiger partial charge in [-0.3, -0.25) is 9.69 Å². The third-order valence-corrected chi connectivity index (χ3v) is 4.67. The van der Waals surface area contributed by atoms with Crippen LogP contribution in [0.15, 0.2) is 48.5 Å². The topological polar surface area (TPSA) is 47.3 Å². The zero-order valence-electron chi connectivity index (χ0n) is 14.0. The maximum atomic E-state index is 12.7. The zero-order chi connectivity index (χ0) is 17.6. The fourth-order valence-electron chi connectivity index (χ4n) is 3.08. The van der Waals surface area contributed by atoms with Crippen molar-refractivity contribution in [1.29, 1.82) is 5.26 Å². The van der Waals surface area contributed by atoms with Gasteiger partial charge in [-0.1, -0.05) is 29.8 Å². The predicted molar refractivity (Wildman–Crippen MR) is 98.4 cm³/mol. The van der Waals surface area contributed by atoms with E-state index < -0.39 is 0 Å². The molecule has 0 saturated carbocycles. The van der Waals surface area contributed by atoms with Gasteiger partial charge in [-0.25, -0.2) is 0 Å². The standard InChI is InChI=1S/C20H20ClN3O/c21-19-4-1-3-18(13-19)20(25)24-10-2-9-23(11-12-24)15-17-7-5-16(14-22)6-8-17/h1,3-8,13H,2,9-12,15H2. The second-order valence-corrected chi connectivity index (χ2v) is 6.68. The normalized spacial score (nSPS) is 15.4. The summed E-state index contributed by atoms with van der Waals surface area (Å²) in [5.41, 5.74) is 2.51. The smallest absolute Gasteiger partial charge is 0.253 e. The quantitative estimate of drug-likeness (QED) is 0.847. The highest BCUT2D eigenvalue weighted by Gasteiger charge is 2.20. The van der Waals surface area contributed by atoms with E-state index in [9.17, 15) is 4.79 Å². The second-order valence-electron chi connectivity index (χ2n) is 6.24. The first-order valence-electron chi connectivity index (χ1n) is 8.42. The zero-order valence-corrected chi connectivity index (χ0v) is 14.7. The van der Waals surface area contributed by atoms with Crippen molar-refractivity contribution in [3.05, 3.63) is 70.2 Å². The molecular weight excluding hydrogens is 334 g/mol.